The largest absolute Gasteiger partial charge is 0.497 e. The van der Waals surface area contributed by atoms with Gasteiger partial charge in [-0.05, 0) is 83.3 Å². The number of aromatic nitrogens is 1. The number of hydrogen-bond donors (Lipinski definition) is 2. The molecule has 3 aromatic carbocycles. The highest BCUT2D eigenvalue weighted by Gasteiger charge is 2.28. The van der Waals surface area contributed by atoms with Gasteiger partial charge in [-0.3, -0.25) is 0 Å². The molecule has 1 saturated carbocycles. The molecule has 0 spiro atoms. The first-order valence-corrected chi connectivity index (χ1v) is 12.1. The van der Waals surface area contributed by atoms with Gasteiger partial charge in [0.2, 0.25) is 0 Å². The topological polar surface area (TPSA) is 62.3 Å². The van der Waals surface area contributed by atoms with E-state index >= 15 is 0 Å². The number of hydrogen-bond acceptors (Lipinski definition) is 2. The summed E-state index contributed by atoms with van der Waals surface area (Å²) in [7, 11) is 1.72. The number of rotatable bonds is 8. The van der Waals surface area contributed by atoms with Gasteiger partial charge in [0.05, 0.1) is 7.11 Å². The monoisotopic (exact) mass is 463 g/mol. The summed E-state index contributed by atoms with van der Waals surface area (Å²) in [5, 5.41) is 10.1. The van der Waals surface area contributed by atoms with Crippen molar-refractivity contribution in [3.63, 3.8) is 0 Å². The fourth-order valence-corrected chi connectivity index (χ4v) is 4.81. The van der Waals surface area contributed by atoms with Crippen LogP contribution < -0.4 is 4.74 Å². The highest BCUT2D eigenvalue weighted by atomic mass is 16.5. The zero-order valence-corrected chi connectivity index (χ0v) is 20.0. The molecule has 0 bridgehead atoms. The van der Waals surface area contributed by atoms with Crippen LogP contribution in [0.5, 0.6) is 5.75 Å². The van der Waals surface area contributed by atoms with Crippen LogP contribution >= 0.6 is 0 Å². The van der Waals surface area contributed by atoms with Crippen molar-refractivity contribution in [1.82, 2.24) is 4.98 Å². The quantitative estimate of drug-likeness (QED) is 0.210. The third-order valence-corrected chi connectivity index (χ3v) is 6.67. The third-order valence-electron chi connectivity index (χ3n) is 6.67. The predicted molar refractivity (Wildman–Crippen MR) is 143 cm³/mol. The highest BCUT2D eigenvalue weighted by Crippen LogP contribution is 2.46. The molecule has 5 rings (SSSR count). The van der Waals surface area contributed by atoms with Crippen molar-refractivity contribution < 1.29 is 14.6 Å². The molecule has 0 saturated heterocycles. The molecule has 1 fully saturated rings. The number of carbonyl (C=O) groups is 1. The summed E-state index contributed by atoms with van der Waals surface area (Å²) in [6.45, 7) is 2.21. The van der Waals surface area contributed by atoms with Crippen LogP contribution in [0.2, 0.25) is 0 Å². The molecule has 1 heterocycles. The molecule has 35 heavy (non-hydrogen) atoms. The molecule has 1 aliphatic rings. The lowest BCUT2D eigenvalue weighted by atomic mass is 9.87. The van der Waals surface area contributed by atoms with E-state index in [9.17, 15) is 4.79 Å². The van der Waals surface area contributed by atoms with Crippen LogP contribution in [0.1, 0.15) is 60.1 Å². The van der Waals surface area contributed by atoms with Crippen molar-refractivity contribution in [3.05, 3.63) is 107 Å². The van der Waals surface area contributed by atoms with Crippen molar-refractivity contribution in [3.8, 4) is 5.75 Å². The molecule has 1 aliphatic carbocycles. The first kappa shape index (κ1) is 22.7. The minimum Gasteiger partial charge on any atom is -0.497 e. The maximum Gasteiger partial charge on any atom is 0.328 e. The molecule has 0 radical (unpaired) electrons. The van der Waals surface area contributed by atoms with Crippen LogP contribution in [-0.2, 0) is 4.79 Å². The third kappa shape index (κ3) is 4.78. The van der Waals surface area contributed by atoms with Gasteiger partial charge >= 0.3 is 5.97 Å². The SMILES string of the molecule is CC/C(=C(/c1ccc(/C=C/C(=O)O)cc1)c1cc2ccccc2[nH]1)c1ccc(OC)cc1C1CC1. The summed E-state index contributed by atoms with van der Waals surface area (Å²) in [6, 6.07) is 25.1. The van der Waals surface area contributed by atoms with Crippen LogP contribution in [0.25, 0.3) is 28.1 Å². The summed E-state index contributed by atoms with van der Waals surface area (Å²) in [5.41, 5.74) is 9.23. The van der Waals surface area contributed by atoms with E-state index < -0.39 is 5.97 Å². The van der Waals surface area contributed by atoms with E-state index in [4.69, 9.17) is 9.84 Å². The number of fused-ring (bicyclic) bond motifs is 1. The zero-order chi connectivity index (χ0) is 24.4. The van der Waals surface area contributed by atoms with E-state index in [1.54, 1.807) is 13.2 Å². The van der Waals surface area contributed by atoms with E-state index in [1.807, 2.05) is 18.2 Å². The van der Waals surface area contributed by atoms with Crippen LogP contribution in [0.3, 0.4) is 0 Å². The first-order chi connectivity index (χ1) is 17.1. The minimum absolute atomic E-state index is 0.578. The molecule has 4 heteroatoms. The normalized spacial score (nSPS) is 14.3. The van der Waals surface area contributed by atoms with Crippen molar-refractivity contribution in [2.24, 2.45) is 0 Å². The van der Waals surface area contributed by atoms with Gasteiger partial charge in [-0.25, -0.2) is 4.79 Å². The number of aromatic amines is 1. The molecular weight excluding hydrogens is 434 g/mol. The van der Waals surface area contributed by atoms with Gasteiger partial charge in [0.15, 0.2) is 0 Å². The van der Waals surface area contributed by atoms with Gasteiger partial charge in [0.25, 0.3) is 0 Å². The Morgan fingerprint density at radius 2 is 1.83 bits per heavy atom. The Balaban J connectivity index is 1.72. The Labute approximate surface area is 205 Å². The lowest BCUT2D eigenvalue weighted by molar-refractivity contribution is -0.131. The number of nitrogens with one attached hydrogen (secondary N) is 1. The van der Waals surface area contributed by atoms with Gasteiger partial charge in [-0.2, -0.15) is 0 Å². The second-order valence-electron chi connectivity index (χ2n) is 9.00. The Hall–Kier alpha value is -4.05. The maximum absolute atomic E-state index is 10.9. The molecule has 0 unspecified atom stereocenters. The average Bonchev–Trinajstić information content (AvgIpc) is 3.64. The minimum atomic E-state index is -0.951. The van der Waals surface area contributed by atoms with E-state index in [1.165, 1.54) is 46.6 Å². The molecule has 4 aromatic rings. The van der Waals surface area contributed by atoms with Gasteiger partial charge < -0.3 is 14.8 Å². The number of ether oxygens (including phenoxy) is 1. The number of para-hydroxylation sites is 1. The Morgan fingerprint density at radius 3 is 2.49 bits per heavy atom. The van der Waals surface area contributed by atoms with Crippen molar-refractivity contribution in [1.29, 1.82) is 0 Å². The number of allylic oxidation sites excluding steroid dienone is 1. The molecule has 176 valence electrons. The Bertz CT molecular complexity index is 1400. The Morgan fingerprint density at radius 1 is 1.06 bits per heavy atom. The standard InChI is InChI=1S/C31H29NO3/c1-3-25(26-16-15-24(35-2)19-27(26)21-13-14-21)31(29-18-23-6-4-5-7-28(23)32-29)22-11-8-20(9-12-22)10-17-30(33)34/h4-12,15-19,21,32H,3,13-14H2,1-2H3,(H,33,34)/b17-10+,31-25+. The van der Waals surface area contributed by atoms with Gasteiger partial charge in [-0.1, -0.05) is 55.5 Å². The average molecular weight is 464 g/mol. The summed E-state index contributed by atoms with van der Waals surface area (Å²) in [4.78, 5) is 14.6. The number of H-pyrrole nitrogens is 1. The number of carboxylic acids is 1. The number of benzene rings is 3. The van der Waals surface area contributed by atoms with E-state index in [2.05, 4.69) is 66.5 Å². The second kappa shape index (κ2) is 9.67. The first-order valence-electron chi connectivity index (χ1n) is 12.1. The zero-order valence-electron chi connectivity index (χ0n) is 20.0. The molecular formula is C31H29NO3. The molecule has 1 aromatic heterocycles. The number of methoxy groups -OCH3 is 1. The summed E-state index contributed by atoms with van der Waals surface area (Å²) < 4.78 is 5.55. The van der Waals surface area contributed by atoms with Gasteiger partial charge in [-0.15, -0.1) is 0 Å². The lowest BCUT2D eigenvalue weighted by Gasteiger charge is -2.19. The van der Waals surface area contributed by atoms with Crippen LogP contribution in [0, 0.1) is 0 Å². The molecule has 4 nitrogen and oxygen atoms in total. The lowest BCUT2D eigenvalue weighted by Crippen LogP contribution is -1.99. The van der Waals surface area contributed by atoms with Crippen LogP contribution in [0.15, 0.2) is 78.9 Å². The molecule has 0 amide bonds. The van der Waals surface area contributed by atoms with Crippen LogP contribution in [-0.4, -0.2) is 23.2 Å². The van der Waals surface area contributed by atoms with Gasteiger partial charge in [0.1, 0.15) is 5.75 Å². The molecule has 0 atom stereocenters. The van der Waals surface area contributed by atoms with Crippen molar-refractivity contribution >= 4 is 34.1 Å². The summed E-state index contributed by atoms with van der Waals surface area (Å²) in [5.74, 6) is 0.523. The van der Waals surface area contributed by atoms with E-state index in [-0.39, 0.29) is 0 Å². The van der Waals surface area contributed by atoms with E-state index in [0.29, 0.717) is 5.92 Å². The maximum atomic E-state index is 10.9. The fraction of sp³-hybridized carbons (Fsp3) is 0.194. The molecule has 2 N–H and O–H groups in total. The van der Waals surface area contributed by atoms with E-state index in [0.717, 1.165) is 34.5 Å². The van der Waals surface area contributed by atoms with Crippen LogP contribution in [0.4, 0.5) is 0 Å². The number of aliphatic carboxylic acids is 1. The summed E-state index contributed by atoms with van der Waals surface area (Å²) in [6.07, 6.45) is 6.08. The van der Waals surface area contributed by atoms with Gasteiger partial charge in [0, 0.05) is 28.2 Å². The Kier molecular flexibility index (Phi) is 6.28. The highest BCUT2D eigenvalue weighted by molar-refractivity contribution is 6.01. The predicted octanol–water partition coefficient (Wildman–Crippen LogP) is 7.52. The smallest absolute Gasteiger partial charge is 0.328 e. The van der Waals surface area contributed by atoms with Crippen molar-refractivity contribution in [2.45, 2.75) is 32.1 Å². The fourth-order valence-electron chi connectivity index (χ4n) is 4.81. The molecule has 0 aliphatic heterocycles. The van der Waals surface area contributed by atoms with Crippen molar-refractivity contribution in [2.75, 3.05) is 7.11 Å². The summed E-state index contributed by atoms with van der Waals surface area (Å²) >= 11 is 0. The second-order valence-corrected chi connectivity index (χ2v) is 9.00. The number of carboxylic acid groups (broad SMARTS) is 1.